The first-order valence-electron chi connectivity index (χ1n) is 12.2. The Morgan fingerprint density at radius 2 is 0.893 bits per heavy atom. The van der Waals surface area contributed by atoms with Crippen LogP contribution in [-0.2, 0) is 0 Å². The van der Waals surface area contributed by atoms with Crippen LogP contribution in [-0.4, -0.2) is 17.2 Å². The van der Waals surface area contributed by atoms with Crippen LogP contribution in [0.4, 0.5) is 0 Å². The average molecular weight is 399 g/mol. The molecule has 0 aliphatic heterocycles. The summed E-state index contributed by atoms with van der Waals surface area (Å²) in [5.41, 5.74) is 0. The Balaban J connectivity index is 0. The molecule has 0 radical (unpaired) electrons. The maximum Gasteiger partial charge on any atom is 0.0431 e. The number of rotatable bonds is 20. The second-order valence-corrected chi connectivity index (χ2v) is 9.65. The molecule has 0 aromatic heterocycles. The molecule has 0 aromatic rings. The molecule has 3 N–H and O–H groups in total. The topological polar surface area (TPSA) is 51.7 Å². The summed E-state index contributed by atoms with van der Waals surface area (Å²) >= 11 is 0. The van der Waals surface area contributed by atoms with Crippen LogP contribution in [0.15, 0.2) is 12.7 Å². The van der Waals surface area contributed by atoms with Crippen LogP contribution >= 0.6 is 0 Å². The number of aliphatic hydroxyl groups excluding tert-OH is 1. The van der Waals surface area contributed by atoms with E-state index in [1.54, 1.807) is 0 Å². The van der Waals surface area contributed by atoms with E-state index in [0.717, 1.165) is 30.1 Å². The minimum atomic E-state index is 0. The molecule has 2 heteroatoms. The van der Waals surface area contributed by atoms with Crippen LogP contribution in [0.25, 0.3) is 0 Å². The fourth-order valence-corrected chi connectivity index (χ4v) is 4.24. The molecular weight excluding hydrogens is 344 g/mol. The first kappa shape index (κ1) is 29.9. The third-order valence-electron chi connectivity index (χ3n) is 6.39. The lowest BCUT2D eigenvalue weighted by Gasteiger charge is -2.16. The lowest BCUT2D eigenvalue weighted by molar-refractivity contribution is 0.269. The number of aliphatic hydroxyl groups is 1. The largest absolute Gasteiger partial charge is 0.412 e. The van der Waals surface area contributed by atoms with Gasteiger partial charge in [0.15, 0.2) is 0 Å². The van der Waals surface area contributed by atoms with Gasteiger partial charge in [-0.2, -0.15) is 0 Å². The molecule has 0 heterocycles. The van der Waals surface area contributed by atoms with Crippen molar-refractivity contribution in [3.8, 4) is 0 Å². The maximum absolute atomic E-state index is 8.90. The molecule has 0 aliphatic carbocycles. The third-order valence-corrected chi connectivity index (χ3v) is 6.39. The van der Waals surface area contributed by atoms with Gasteiger partial charge in [-0.15, -0.1) is 6.58 Å². The van der Waals surface area contributed by atoms with E-state index in [2.05, 4.69) is 40.3 Å². The van der Waals surface area contributed by atoms with Crippen LogP contribution < -0.4 is 0 Å². The standard InChI is InChI=1S/C26H52O.H2O/c1-6-7-8-14-23(2)17-11-18-24(3)15-9-10-16-25(4)19-12-20-26(5)21-13-22-27;/h6,23-27H,1,7-22H2,2-5H3;1H2. The van der Waals surface area contributed by atoms with Gasteiger partial charge in [-0.3, -0.25) is 0 Å². The van der Waals surface area contributed by atoms with Gasteiger partial charge in [0.25, 0.3) is 0 Å². The Hall–Kier alpha value is -0.340. The molecule has 0 saturated carbocycles. The Morgan fingerprint density at radius 3 is 1.25 bits per heavy atom. The van der Waals surface area contributed by atoms with E-state index in [1.807, 2.05) is 0 Å². The summed E-state index contributed by atoms with van der Waals surface area (Å²) in [5.74, 6) is 3.48. The van der Waals surface area contributed by atoms with Gasteiger partial charge in [0.2, 0.25) is 0 Å². The molecular formula is C26H54O2. The minimum absolute atomic E-state index is 0. The summed E-state index contributed by atoms with van der Waals surface area (Å²) < 4.78 is 0. The van der Waals surface area contributed by atoms with E-state index < -0.39 is 0 Å². The Kier molecular flexibility index (Phi) is 22.8. The summed E-state index contributed by atoms with van der Waals surface area (Å²) in [6.45, 7) is 13.8. The summed E-state index contributed by atoms with van der Waals surface area (Å²) in [4.78, 5) is 0. The van der Waals surface area contributed by atoms with E-state index in [-0.39, 0.29) is 5.48 Å². The number of hydrogen-bond acceptors (Lipinski definition) is 1. The van der Waals surface area contributed by atoms with E-state index in [0.29, 0.717) is 6.61 Å². The summed E-state index contributed by atoms with van der Waals surface area (Å²) in [5, 5.41) is 8.90. The van der Waals surface area contributed by atoms with Gasteiger partial charge in [0.05, 0.1) is 0 Å². The van der Waals surface area contributed by atoms with Crippen molar-refractivity contribution in [2.24, 2.45) is 23.7 Å². The second-order valence-electron chi connectivity index (χ2n) is 9.65. The molecule has 0 saturated heterocycles. The zero-order valence-corrected chi connectivity index (χ0v) is 19.9. The number of hydrogen-bond donors (Lipinski definition) is 1. The number of unbranched alkanes of at least 4 members (excludes halogenated alkanes) is 2. The highest BCUT2D eigenvalue weighted by atomic mass is 16.2. The molecule has 170 valence electrons. The lowest BCUT2D eigenvalue weighted by Crippen LogP contribution is -2.01. The summed E-state index contributed by atoms with van der Waals surface area (Å²) in [6, 6.07) is 0. The lowest BCUT2D eigenvalue weighted by atomic mass is 9.90. The predicted octanol–water partition coefficient (Wildman–Crippen LogP) is 7.74. The Morgan fingerprint density at radius 1 is 0.571 bits per heavy atom. The van der Waals surface area contributed by atoms with Crippen LogP contribution in [0.1, 0.15) is 124 Å². The van der Waals surface area contributed by atoms with Crippen LogP contribution in [0.5, 0.6) is 0 Å². The van der Waals surface area contributed by atoms with Crippen molar-refractivity contribution in [2.45, 2.75) is 124 Å². The van der Waals surface area contributed by atoms with E-state index >= 15 is 0 Å². The van der Waals surface area contributed by atoms with Crippen LogP contribution in [0, 0.1) is 23.7 Å². The van der Waals surface area contributed by atoms with Crippen LogP contribution in [0.3, 0.4) is 0 Å². The molecule has 2 nitrogen and oxygen atoms in total. The fraction of sp³-hybridized carbons (Fsp3) is 0.923. The van der Waals surface area contributed by atoms with Crippen molar-refractivity contribution in [1.82, 2.24) is 0 Å². The van der Waals surface area contributed by atoms with Crippen molar-refractivity contribution >= 4 is 0 Å². The van der Waals surface area contributed by atoms with E-state index in [4.69, 9.17) is 5.11 Å². The highest BCUT2D eigenvalue weighted by Crippen LogP contribution is 2.23. The molecule has 0 spiro atoms. The molecule has 0 bridgehead atoms. The van der Waals surface area contributed by atoms with E-state index in [1.165, 1.54) is 89.9 Å². The van der Waals surface area contributed by atoms with E-state index in [9.17, 15) is 0 Å². The normalized spacial score (nSPS) is 15.5. The monoisotopic (exact) mass is 398 g/mol. The van der Waals surface area contributed by atoms with Crippen LogP contribution in [0.2, 0.25) is 0 Å². The highest BCUT2D eigenvalue weighted by molar-refractivity contribution is 4.67. The molecule has 0 aliphatic rings. The minimum Gasteiger partial charge on any atom is -0.412 e. The van der Waals surface area contributed by atoms with Gasteiger partial charge >= 0.3 is 0 Å². The van der Waals surface area contributed by atoms with Gasteiger partial charge < -0.3 is 10.6 Å². The summed E-state index contributed by atoms with van der Waals surface area (Å²) in [7, 11) is 0. The first-order valence-corrected chi connectivity index (χ1v) is 12.2. The van der Waals surface area contributed by atoms with Crippen molar-refractivity contribution in [1.29, 1.82) is 0 Å². The van der Waals surface area contributed by atoms with Crippen molar-refractivity contribution in [3.63, 3.8) is 0 Å². The molecule has 0 rings (SSSR count). The molecule has 0 fully saturated rings. The summed E-state index contributed by atoms with van der Waals surface area (Å²) in [6.07, 6.45) is 22.1. The molecule has 0 aromatic carbocycles. The molecule has 4 atom stereocenters. The second kappa shape index (κ2) is 21.4. The number of allylic oxidation sites excluding steroid dienone is 1. The Labute approximate surface area is 177 Å². The fourth-order valence-electron chi connectivity index (χ4n) is 4.24. The van der Waals surface area contributed by atoms with Crippen molar-refractivity contribution in [3.05, 3.63) is 12.7 Å². The van der Waals surface area contributed by atoms with Gasteiger partial charge in [-0.1, -0.05) is 104 Å². The first-order chi connectivity index (χ1) is 13.0. The predicted molar refractivity (Wildman–Crippen MR) is 127 cm³/mol. The Bertz CT molecular complexity index is 316. The van der Waals surface area contributed by atoms with Gasteiger partial charge in [0, 0.05) is 6.61 Å². The molecule has 0 amide bonds. The zero-order valence-electron chi connectivity index (χ0n) is 19.9. The third kappa shape index (κ3) is 20.4. The molecule has 28 heavy (non-hydrogen) atoms. The van der Waals surface area contributed by atoms with Gasteiger partial charge in [-0.25, -0.2) is 0 Å². The van der Waals surface area contributed by atoms with Gasteiger partial charge in [-0.05, 0) is 49.4 Å². The van der Waals surface area contributed by atoms with Crippen molar-refractivity contribution in [2.75, 3.05) is 6.61 Å². The quantitative estimate of drug-likeness (QED) is 0.165. The van der Waals surface area contributed by atoms with Crippen molar-refractivity contribution < 1.29 is 10.6 Å². The highest BCUT2D eigenvalue weighted by Gasteiger charge is 2.08. The smallest absolute Gasteiger partial charge is 0.0431 e. The van der Waals surface area contributed by atoms with Gasteiger partial charge in [0.1, 0.15) is 0 Å². The maximum atomic E-state index is 8.90. The molecule has 4 unspecified atom stereocenters. The SMILES string of the molecule is C=CCCCC(C)CCCC(C)CCCCC(C)CCCC(C)CCCO.O. The average Bonchev–Trinajstić information content (AvgIpc) is 2.63. The zero-order chi connectivity index (χ0) is 20.3.